The lowest BCUT2D eigenvalue weighted by Crippen LogP contribution is -2.20. The second-order valence-corrected chi connectivity index (χ2v) is 6.48. The number of esters is 1. The highest BCUT2D eigenvalue weighted by molar-refractivity contribution is 5.81. The van der Waals surface area contributed by atoms with Crippen LogP contribution in [0, 0.1) is 34.0 Å². The molecule has 7 nitrogen and oxygen atoms in total. The van der Waals surface area contributed by atoms with E-state index in [2.05, 4.69) is 6.58 Å². The first-order valence-corrected chi connectivity index (χ1v) is 8.45. The molecule has 0 unspecified atom stereocenters. The lowest BCUT2D eigenvalue weighted by atomic mass is 9.94. The number of carbonyl (C=O) groups excluding carboxylic acids is 1. The third kappa shape index (κ3) is 4.53. The molecule has 7 heteroatoms. The Hall–Kier alpha value is -4.28. The summed E-state index contributed by atoms with van der Waals surface area (Å²) in [5.41, 5.74) is 0.373. The van der Waals surface area contributed by atoms with E-state index >= 15 is 0 Å². The van der Waals surface area contributed by atoms with Gasteiger partial charge in [-0.1, -0.05) is 24.8 Å². The van der Waals surface area contributed by atoms with Crippen LogP contribution in [0.15, 0.2) is 59.4 Å². The van der Waals surface area contributed by atoms with Gasteiger partial charge in [-0.05, 0) is 31.5 Å². The number of phenolic OH excluding ortho intramolecular Hbond substituents is 1. The van der Waals surface area contributed by atoms with Gasteiger partial charge in [0.05, 0.1) is 0 Å². The molecule has 0 aliphatic carbocycles. The Morgan fingerprint density at radius 2 is 1.97 bits per heavy atom. The van der Waals surface area contributed by atoms with Crippen LogP contribution in [-0.2, 0) is 20.9 Å². The van der Waals surface area contributed by atoms with Gasteiger partial charge in [0.2, 0.25) is 0 Å². The number of benzene rings is 1. The van der Waals surface area contributed by atoms with Gasteiger partial charge in [-0.15, -0.1) is 0 Å². The normalized spacial score (nSPS) is 14.5. The maximum atomic E-state index is 11.2. The molecular weight excluding hydrogens is 370 g/mol. The van der Waals surface area contributed by atoms with E-state index in [1.807, 2.05) is 6.07 Å². The van der Waals surface area contributed by atoms with Gasteiger partial charge in [-0.2, -0.15) is 15.8 Å². The van der Waals surface area contributed by atoms with Crippen LogP contribution in [0.5, 0.6) is 5.75 Å². The van der Waals surface area contributed by atoms with E-state index in [9.17, 15) is 15.2 Å². The second kappa shape index (κ2) is 8.61. The van der Waals surface area contributed by atoms with Gasteiger partial charge < -0.3 is 14.6 Å². The third-order valence-corrected chi connectivity index (χ3v) is 4.13. The number of allylic oxidation sites excluding steroid dienone is 2. The number of nitriles is 3. The van der Waals surface area contributed by atoms with E-state index in [4.69, 9.17) is 20.0 Å². The van der Waals surface area contributed by atoms with Gasteiger partial charge in [-0.25, -0.2) is 4.79 Å². The van der Waals surface area contributed by atoms with Crippen molar-refractivity contribution in [3.05, 3.63) is 70.5 Å². The topological polar surface area (TPSA) is 127 Å². The zero-order chi connectivity index (χ0) is 21.6. The monoisotopic (exact) mass is 387 g/mol. The summed E-state index contributed by atoms with van der Waals surface area (Å²) in [4.78, 5) is 11.2. The van der Waals surface area contributed by atoms with Crippen LogP contribution in [-0.4, -0.2) is 16.7 Å². The van der Waals surface area contributed by atoms with Crippen LogP contribution >= 0.6 is 0 Å². The van der Waals surface area contributed by atoms with Crippen molar-refractivity contribution in [1.29, 1.82) is 15.8 Å². The Bertz CT molecular complexity index is 1070. The van der Waals surface area contributed by atoms with Gasteiger partial charge in [0.1, 0.15) is 41.7 Å². The van der Waals surface area contributed by atoms with Crippen LogP contribution < -0.4 is 0 Å². The number of rotatable bonds is 5. The summed E-state index contributed by atoms with van der Waals surface area (Å²) >= 11 is 0. The Balaban J connectivity index is 2.45. The molecule has 1 heterocycles. The Labute approximate surface area is 168 Å². The molecular formula is C22H17N3O4. The molecule has 0 spiro atoms. The fourth-order valence-corrected chi connectivity index (χ4v) is 2.70. The summed E-state index contributed by atoms with van der Waals surface area (Å²) in [6.07, 6.45) is 4.22. The zero-order valence-corrected chi connectivity index (χ0v) is 15.9. The molecule has 0 saturated heterocycles. The summed E-state index contributed by atoms with van der Waals surface area (Å²) < 4.78 is 10.7. The quantitative estimate of drug-likeness (QED) is 0.465. The van der Waals surface area contributed by atoms with Crippen molar-refractivity contribution in [2.24, 2.45) is 0 Å². The molecule has 1 aliphatic rings. The van der Waals surface area contributed by atoms with Crippen LogP contribution in [0.1, 0.15) is 25.0 Å². The first-order chi connectivity index (χ1) is 13.8. The first kappa shape index (κ1) is 21.0. The summed E-state index contributed by atoms with van der Waals surface area (Å²) in [5.74, 6) is -0.633. The summed E-state index contributed by atoms with van der Waals surface area (Å²) in [5, 5.41) is 37.9. The van der Waals surface area contributed by atoms with Crippen molar-refractivity contribution in [2.45, 2.75) is 26.1 Å². The third-order valence-electron chi connectivity index (χ3n) is 4.13. The number of phenols is 1. The highest BCUT2D eigenvalue weighted by Crippen LogP contribution is 2.40. The fourth-order valence-electron chi connectivity index (χ4n) is 2.70. The smallest absolute Gasteiger partial charge is 0.330 e. The molecule has 0 fully saturated rings. The van der Waals surface area contributed by atoms with Crippen molar-refractivity contribution < 1.29 is 19.4 Å². The van der Waals surface area contributed by atoms with E-state index in [0.29, 0.717) is 16.7 Å². The van der Waals surface area contributed by atoms with Crippen molar-refractivity contribution in [3.63, 3.8) is 0 Å². The molecule has 0 bridgehead atoms. The van der Waals surface area contributed by atoms with Crippen LogP contribution in [0.2, 0.25) is 0 Å². The molecule has 0 amide bonds. The maximum Gasteiger partial charge on any atom is 0.330 e. The minimum Gasteiger partial charge on any atom is -0.507 e. The Kier molecular flexibility index (Phi) is 6.24. The molecule has 0 atom stereocenters. The molecule has 1 aromatic carbocycles. The van der Waals surface area contributed by atoms with Gasteiger partial charge in [0.25, 0.3) is 0 Å². The molecule has 2 rings (SSSR count). The standard InChI is InChI=1S/C22H17N3O4/c1-4-20(27)28-13-14-5-8-19(26)15(9-14)6-7-18-17(12-25)21(16(10-23)11-24)29-22(18,2)3/h4-9,26H,1,13H2,2-3H3/b7-6+. The maximum absolute atomic E-state index is 11.2. The zero-order valence-electron chi connectivity index (χ0n) is 15.9. The summed E-state index contributed by atoms with van der Waals surface area (Å²) in [6.45, 7) is 6.74. The van der Waals surface area contributed by atoms with Crippen molar-refractivity contribution in [3.8, 4) is 24.0 Å². The van der Waals surface area contributed by atoms with Crippen LogP contribution in [0.3, 0.4) is 0 Å². The number of ether oxygens (including phenoxy) is 2. The Morgan fingerprint density at radius 3 is 2.55 bits per heavy atom. The number of carbonyl (C=O) groups is 1. The summed E-state index contributed by atoms with van der Waals surface area (Å²) in [6, 6.07) is 10.1. The summed E-state index contributed by atoms with van der Waals surface area (Å²) in [7, 11) is 0. The predicted molar refractivity (Wildman–Crippen MR) is 103 cm³/mol. The lowest BCUT2D eigenvalue weighted by molar-refractivity contribution is -0.138. The van der Waals surface area contributed by atoms with Gasteiger partial charge in [0.15, 0.2) is 11.3 Å². The largest absolute Gasteiger partial charge is 0.507 e. The van der Waals surface area contributed by atoms with E-state index in [1.54, 1.807) is 50.3 Å². The van der Waals surface area contributed by atoms with Crippen molar-refractivity contribution >= 4 is 12.0 Å². The van der Waals surface area contributed by atoms with Crippen molar-refractivity contribution in [2.75, 3.05) is 0 Å². The van der Waals surface area contributed by atoms with E-state index < -0.39 is 11.6 Å². The molecule has 1 aliphatic heterocycles. The second-order valence-electron chi connectivity index (χ2n) is 6.48. The highest BCUT2D eigenvalue weighted by Gasteiger charge is 2.38. The number of aromatic hydroxyl groups is 1. The van der Waals surface area contributed by atoms with Gasteiger partial charge in [0, 0.05) is 17.2 Å². The van der Waals surface area contributed by atoms with Gasteiger partial charge in [-0.3, -0.25) is 0 Å². The van der Waals surface area contributed by atoms with Gasteiger partial charge >= 0.3 is 5.97 Å². The lowest BCUT2D eigenvalue weighted by Gasteiger charge is -2.20. The van der Waals surface area contributed by atoms with Crippen LogP contribution in [0.25, 0.3) is 6.08 Å². The molecule has 29 heavy (non-hydrogen) atoms. The number of hydrogen-bond acceptors (Lipinski definition) is 7. The van der Waals surface area contributed by atoms with E-state index in [-0.39, 0.29) is 29.3 Å². The number of nitrogens with zero attached hydrogens (tertiary/aromatic N) is 3. The first-order valence-electron chi connectivity index (χ1n) is 8.45. The minimum atomic E-state index is -0.956. The molecule has 0 aromatic heterocycles. The molecule has 0 radical (unpaired) electrons. The van der Waals surface area contributed by atoms with E-state index in [1.165, 1.54) is 6.07 Å². The molecule has 1 N–H and O–H groups in total. The van der Waals surface area contributed by atoms with Crippen molar-refractivity contribution in [1.82, 2.24) is 0 Å². The molecule has 0 saturated carbocycles. The SMILES string of the molecule is C=CC(=O)OCc1ccc(O)c(/C=C/C2=C(C#N)C(=C(C#N)C#N)OC2(C)C)c1. The Morgan fingerprint density at radius 1 is 1.28 bits per heavy atom. The van der Waals surface area contributed by atoms with E-state index in [0.717, 1.165) is 6.08 Å². The fraction of sp³-hybridized carbons (Fsp3) is 0.182. The average molecular weight is 387 g/mol. The molecule has 1 aromatic rings. The average Bonchev–Trinajstić information content (AvgIpc) is 2.96. The number of hydrogen-bond donors (Lipinski definition) is 1. The molecule has 144 valence electrons. The van der Waals surface area contributed by atoms with Crippen LogP contribution in [0.4, 0.5) is 0 Å². The predicted octanol–water partition coefficient (Wildman–Crippen LogP) is 3.56. The minimum absolute atomic E-state index is 0.00725. The highest BCUT2D eigenvalue weighted by atomic mass is 16.5.